The van der Waals surface area contributed by atoms with Crippen molar-refractivity contribution in [2.24, 2.45) is 10.9 Å². The van der Waals surface area contributed by atoms with Gasteiger partial charge in [0, 0.05) is 39.6 Å². The standard InChI is InChI=1S/C19H26N6/c1-14-22-23-18-8-7-15(12-25(14)18)11-21-19(20-2)24-10-9-16-5-3-4-6-17(16)13-24/h3-6,15H,7-13H2,1-2H3,(H,20,21). The second-order valence-corrected chi connectivity index (χ2v) is 7.05. The van der Waals surface area contributed by atoms with Crippen molar-refractivity contribution in [3.05, 3.63) is 47.0 Å². The third-order valence-corrected chi connectivity index (χ3v) is 5.42. The van der Waals surface area contributed by atoms with Crippen LogP contribution in [0.25, 0.3) is 0 Å². The highest BCUT2D eigenvalue weighted by molar-refractivity contribution is 5.80. The van der Waals surface area contributed by atoms with Crippen LogP contribution in [0, 0.1) is 12.8 Å². The predicted molar refractivity (Wildman–Crippen MR) is 98.5 cm³/mol. The monoisotopic (exact) mass is 338 g/mol. The van der Waals surface area contributed by atoms with Crippen molar-refractivity contribution in [3.8, 4) is 0 Å². The largest absolute Gasteiger partial charge is 0.356 e. The van der Waals surface area contributed by atoms with E-state index in [1.165, 1.54) is 11.1 Å². The first-order chi connectivity index (χ1) is 12.2. The van der Waals surface area contributed by atoms with E-state index in [2.05, 4.69) is 54.2 Å². The summed E-state index contributed by atoms with van der Waals surface area (Å²) in [6, 6.07) is 8.72. The number of nitrogens with one attached hydrogen (secondary N) is 1. The highest BCUT2D eigenvalue weighted by Gasteiger charge is 2.23. The molecule has 0 aliphatic carbocycles. The number of aliphatic imine (C=N–C) groups is 1. The fourth-order valence-corrected chi connectivity index (χ4v) is 3.94. The zero-order chi connectivity index (χ0) is 17.2. The lowest BCUT2D eigenvalue weighted by Gasteiger charge is -2.33. The van der Waals surface area contributed by atoms with E-state index in [1.54, 1.807) is 0 Å². The zero-order valence-electron chi connectivity index (χ0n) is 15.1. The van der Waals surface area contributed by atoms with Crippen LogP contribution in [0.15, 0.2) is 29.3 Å². The Kier molecular flexibility index (Phi) is 4.42. The molecule has 0 bridgehead atoms. The van der Waals surface area contributed by atoms with E-state index in [4.69, 9.17) is 0 Å². The predicted octanol–water partition coefficient (Wildman–Crippen LogP) is 1.78. The Hall–Kier alpha value is -2.37. The minimum Gasteiger partial charge on any atom is -0.356 e. The normalized spacial score (nSPS) is 20.2. The number of benzene rings is 1. The van der Waals surface area contributed by atoms with Crippen molar-refractivity contribution in [2.75, 3.05) is 20.1 Å². The molecule has 2 aliphatic heterocycles. The van der Waals surface area contributed by atoms with Crippen molar-refractivity contribution in [1.82, 2.24) is 25.0 Å². The van der Waals surface area contributed by atoms with Crippen molar-refractivity contribution >= 4 is 5.96 Å². The average Bonchev–Trinajstić information content (AvgIpc) is 3.03. The van der Waals surface area contributed by atoms with Crippen molar-refractivity contribution in [3.63, 3.8) is 0 Å². The highest BCUT2D eigenvalue weighted by Crippen LogP contribution is 2.20. The van der Waals surface area contributed by atoms with Gasteiger partial charge in [0.1, 0.15) is 11.6 Å². The van der Waals surface area contributed by atoms with Crippen molar-refractivity contribution in [1.29, 1.82) is 0 Å². The average molecular weight is 338 g/mol. The molecule has 132 valence electrons. The number of rotatable bonds is 2. The summed E-state index contributed by atoms with van der Waals surface area (Å²) >= 11 is 0. The van der Waals surface area contributed by atoms with Crippen LogP contribution in [0.4, 0.5) is 0 Å². The molecule has 6 heteroatoms. The lowest BCUT2D eigenvalue weighted by atomic mass is 9.99. The fourth-order valence-electron chi connectivity index (χ4n) is 3.94. The van der Waals surface area contributed by atoms with Gasteiger partial charge < -0.3 is 14.8 Å². The molecule has 0 amide bonds. The molecule has 2 aromatic rings. The molecule has 0 fully saturated rings. The topological polar surface area (TPSA) is 58.3 Å². The number of nitrogens with zero attached hydrogens (tertiary/aromatic N) is 5. The molecule has 1 unspecified atom stereocenters. The maximum atomic E-state index is 4.52. The van der Waals surface area contributed by atoms with E-state index in [9.17, 15) is 0 Å². The summed E-state index contributed by atoms with van der Waals surface area (Å²) in [5, 5.41) is 12.1. The van der Waals surface area contributed by atoms with Gasteiger partial charge >= 0.3 is 0 Å². The first-order valence-electron chi connectivity index (χ1n) is 9.15. The van der Waals surface area contributed by atoms with Gasteiger partial charge in [-0.05, 0) is 36.8 Å². The molecular formula is C19H26N6. The summed E-state index contributed by atoms with van der Waals surface area (Å²) in [5.41, 5.74) is 2.89. The summed E-state index contributed by atoms with van der Waals surface area (Å²) in [6.45, 7) is 5.95. The molecule has 25 heavy (non-hydrogen) atoms. The second-order valence-electron chi connectivity index (χ2n) is 7.05. The van der Waals surface area contributed by atoms with Gasteiger partial charge in [-0.3, -0.25) is 4.99 Å². The zero-order valence-corrected chi connectivity index (χ0v) is 15.1. The van der Waals surface area contributed by atoms with Crippen LogP contribution < -0.4 is 5.32 Å². The van der Waals surface area contributed by atoms with Crippen LogP contribution in [0.5, 0.6) is 0 Å². The van der Waals surface area contributed by atoms with Crippen LogP contribution in [-0.4, -0.2) is 45.8 Å². The molecule has 0 spiro atoms. The van der Waals surface area contributed by atoms with E-state index in [1.807, 2.05) is 14.0 Å². The Morgan fingerprint density at radius 1 is 1.24 bits per heavy atom. The molecule has 2 aliphatic rings. The Labute approximate surface area is 149 Å². The van der Waals surface area contributed by atoms with E-state index < -0.39 is 0 Å². The fraction of sp³-hybridized carbons (Fsp3) is 0.526. The van der Waals surface area contributed by atoms with E-state index in [0.29, 0.717) is 5.92 Å². The summed E-state index contributed by atoms with van der Waals surface area (Å²) in [4.78, 5) is 6.88. The van der Waals surface area contributed by atoms with Gasteiger partial charge in [0.05, 0.1) is 0 Å². The van der Waals surface area contributed by atoms with Crippen molar-refractivity contribution < 1.29 is 0 Å². The van der Waals surface area contributed by atoms with Gasteiger partial charge in [-0.15, -0.1) is 10.2 Å². The lowest BCUT2D eigenvalue weighted by Crippen LogP contribution is -2.46. The summed E-state index contributed by atoms with van der Waals surface area (Å²) < 4.78 is 2.26. The number of aromatic nitrogens is 3. The highest BCUT2D eigenvalue weighted by atomic mass is 15.3. The van der Waals surface area contributed by atoms with Gasteiger partial charge in [0.25, 0.3) is 0 Å². The molecule has 1 atom stereocenters. The smallest absolute Gasteiger partial charge is 0.193 e. The number of aryl methyl sites for hydroxylation is 2. The lowest BCUT2D eigenvalue weighted by molar-refractivity contribution is 0.340. The SMILES string of the molecule is CN=C(NCC1CCc2nnc(C)n2C1)N1CCc2ccccc2C1. The molecule has 1 aromatic carbocycles. The number of fused-ring (bicyclic) bond motifs is 2. The molecular weight excluding hydrogens is 312 g/mol. The Morgan fingerprint density at radius 3 is 2.92 bits per heavy atom. The Bertz CT molecular complexity index is 778. The quantitative estimate of drug-likeness (QED) is 0.670. The number of hydrogen-bond acceptors (Lipinski definition) is 3. The second kappa shape index (κ2) is 6.86. The van der Waals surface area contributed by atoms with Gasteiger partial charge in [-0.1, -0.05) is 24.3 Å². The molecule has 1 N–H and O–H groups in total. The van der Waals surface area contributed by atoms with Gasteiger partial charge in [0.2, 0.25) is 0 Å². The first-order valence-corrected chi connectivity index (χ1v) is 9.15. The molecule has 1 aromatic heterocycles. The van der Waals surface area contributed by atoms with E-state index >= 15 is 0 Å². The minimum absolute atomic E-state index is 0.594. The molecule has 3 heterocycles. The third kappa shape index (κ3) is 3.25. The first kappa shape index (κ1) is 16.1. The molecule has 0 radical (unpaired) electrons. The molecule has 0 saturated carbocycles. The molecule has 6 nitrogen and oxygen atoms in total. The molecule has 0 saturated heterocycles. The van der Waals surface area contributed by atoms with Crippen LogP contribution >= 0.6 is 0 Å². The number of guanidine groups is 1. The molecule has 4 rings (SSSR count). The maximum Gasteiger partial charge on any atom is 0.193 e. The number of hydrogen-bond donors (Lipinski definition) is 1. The van der Waals surface area contributed by atoms with Crippen molar-refractivity contribution in [2.45, 2.75) is 39.3 Å². The van der Waals surface area contributed by atoms with Gasteiger partial charge in [-0.25, -0.2) is 0 Å². The van der Waals surface area contributed by atoms with E-state index in [0.717, 1.165) is 63.0 Å². The van der Waals surface area contributed by atoms with Gasteiger partial charge in [0.15, 0.2) is 5.96 Å². The third-order valence-electron chi connectivity index (χ3n) is 5.42. The summed E-state index contributed by atoms with van der Waals surface area (Å²) in [6.07, 6.45) is 3.26. The van der Waals surface area contributed by atoms with E-state index in [-0.39, 0.29) is 0 Å². The van der Waals surface area contributed by atoms with Crippen LogP contribution in [0.2, 0.25) is 0 Å². The Morgan fingerprint density at radius 2 is 2.08 bits per heavy atom. The van der Waals surface area contributed by atoms with Crippen LogP contribution in [-0.2, 0) is 25.9 Å². The minimum atomic E-state index is 0.594. The summed E-state index contributed by atoms with van der Waals surface area (Å²) in [5.74, 6) is 3.76. The maximum absolute atomic E-state index is 4.52. The van der Waals surface area contributed by atoms with Gasteiger partial charge in [-0.2, -0.15) is 0 Å². The Balaban J connectivity index is 1.37. The van der Waals surface area contributed by atoms with Crippen LogP contribution in [0.3, 0.4) is 0 Å². The van der Waals surface area contributed by atoms with Crippen LogP contribution in [0.1, 0.15) is 29.2 Å². The summed E-state index contributed by atoms with van der Waals surface area (Å²) in [7, 11) is 1.88.